The molecular weight excluding hydrogens is 527 g/mol. The van der Waals surface area contributed by atoms with E-state index in [0.717, 1.165) is 17.7 Å². The van der Waals surface area contributed by atoms with Crippen molar-refractivity contribution < 1.29 is 29.0 Å². The molecule has 32 heavy (non-hydrogen) atoms. The summed E-state index contributed by atoms with van der Waals surface area (Å²) in [7, 11) is 0. The Hall–Kier alpha value is -3.08. The van der Waals surface area contributed by atoms with E-state index in [9.17, 15) is 19.5 Å². The number of unbranched alkanes of at least 4 members (excludes halogenated alkanes) is 1. The van der Waals surface area contributed by atoms with E-state index >= 15 is 0 Å². The first kappa shape index (κ1) is 23.6. The molecule has 0 atom stereocenters. The van der Waals surface area contributed by atoms with Gasteiger partial charge >= 0.3 is 6.03 Å². The summed E-state index contributed by atoms with van der Waals surface area (Å²) in [6.07, 6.45) is 3.30. The number of nitrogens with one attached hydrogen (secondary N) is 1. The first-order valence-corrected chi connectivity index (χ1v) is 11.2. The topological polar surface area (TPSA) is 105 Å². The lowest BCUT2D eigenvalue weighted by molar-refractivity contribution is -0.122. The van der Waals surface area contributed by atoms with Crippen LogP contribution in [0.3, 0.4) is 0 Å². The Morgan fingerprint density at radius 3 is 2.47 bits per heavy atom. The lowest BCUT2D eigenvalue weighted by atomic mass is 10.1. The maximum absolute atomic E-state index is 13.1. The molecule has 8 nitrogen and oxygen atoms in total. The summed E-state index contributed by atoms with van der Waals surface area (Å²) < 4.78 is 11.5. The quantitative estimate of drug-likeness (QED) is 0.221. The summed E-state index contributed by atoms with van der Waals surface area (Å²) in [5, 5.41) is 12.3. The Kier molecular flexibility index (Phi) is 7.73. The summed E-state index contributed by atoms with van der Waals surface area (Å²) in [6, 6.07) is 8.81. The number of carbonyl (C=O) groups excluding carboxylic acids is 3. The number of halogens is 1. The van der Waals surface area contributed by atoms with Gasteiger partial charge in [-0.3, -0.25) is 14.9 Å². The molecule has 2 N–H and O–H groups in total. The molecule has 0 unspecified atom stereocenters. The summed E-state index contributed by atoms with van der Waals surface area (Å²) in [4.78, 5) is 38.8. The van der Waals surface area contributed by atoms with E-state index < -0.39 is 17.8 Å². The van der Waals surface area contributed by atoms with Crippen LogP contribution in [0, 0.1) is 3.57 Å². The van der Waals surface area contributed by atoms with E-state index in [2.05, 4.69) is 12.2 Å². The average molecular weight is 550 g/mol. The van der Waals surface area contributed by atoms with Gasteiger partial charge in [-0.25, -0.2) is 9.69 Å². The molecule has 0 aliphatic carbocycles. The maximum atomic E-state index is 13.1. The number of hydrogen-bond acceptors (Lipinski definition) is 6. The van der Waals surface area contributed by atoms with E-state index in [4.69, 9.17) is 9.47 Å². The second kappa shape index (κ2) is 10.5. The van der Waals surface area contributed by atoms with Crippen molar-refractivity contribution in [1.29, 1.82) is 0 Å². The van der Waals surface area contributed by atoms with Gasteiger partial charge in [0.15, 0.2) is 11.5 Å². The molecule has 0 bridgehead atoms. The van der Waals surface area contributed by atoms with Crippen LogP contribution in [0.15, 0.2) is 42.0 Å². The standard InChI is InChI=1S/C23H23IN2O6/c1-3-5-10-32-16-8-6-15(7-9-16)26-22(29)17(21(28)25-23(26)30)11-14-12-18(24)20(27)19(13-14)31-4-2/h6-9,11-13,27H,3-5,10H2,1-2H3,(H,25,28,30)/b17-11-. The summed E-state index contributed by atoms with van der Waals surface area (Å²) in [5.74, 6) is -0.703. The zero-order chi connectivity index (χ0) is 23.3. The summed E-state index contributed by atoms with van der Waals surface area (Å²) >= 11 is 1.93. The molecule has 1 aliphatic rings. The predicted octanol–water partition coefficient (Wildman–Crippen LogP) is 4.24. The number of imide groups is 2. The van der Waals surface area contributed by atoms with Crippen LogP contribution in [0.4, 0.5) is 10.5 Å². The van der Waals surface area contributed by atoms with E-state index in [1.54, 1.807) is 37.3 Å². The number of aromatic hydroxyl groups is 1. The van der Waals surface area contributed by atoms with Gasteiger partial charge in [-0.05, 0) is 84.0 Å². The monoisotopic (exact) mass is 550 g/mol. The maximum Gasteiger partial charge on any atom is 0.335 e. The number of benzene rings is 2. The molecule has 0 radical (unpaired) electrons. The van der Waals surface area contributed by atoms with Crippen molar-refractivity contribution in [3.63, 3.8) is 0 Å². The van der Waals surface area contributed by atoms with Gasteiger partial charge in [0.05, 0.1) is 22.5 Å². The highest BCUT2D eigenvalue weighted by Crippen LogP contribution is 2.34. The number of anilines is 1. The van der Waals surface area contributed by atoms with E-state index in [-0.39, 0.29) is 17.1 Å². The van der Waals surface area contributed by atoms with Crippen LogP contribution in [0.25, 0.3) is 6.08 Å². The lowest BCUT2D eigenvalue weighted by Gasteiger charge is -2.26. The zero-order valence-corrected chi connectivity index (χ0v) is 19.8. The van der Waals surface area contributed by atoms with Crippen LogP contribution >= 0.6 is 22.6 Å². The van der Waals surface area contributed by atoms with Gasteiger partial charge in [-0.2, -0.15) is 0 Å². The minimum atomic E-state index is -0.827. The number of rotatable bonds is 8. The van der Waals surface area contributed by atoms with E-state index in [0.29, 0.717) is 33.8 Å². The van der Waals surface area contributed by atoms with Crippen LogP contribution < -0.4 is 19.7 Å². The molecule has 1 fully saturated rings. The highest BCUT2D eigenvalue weighted by atomic mass is 127. The zero-order valence-electron chi connectivity index (χ0n) is 17.7. The number of phenolic OH excluding ortho intramolecular Hbond substituents is 1. The normalized spacial score (nSPS) is 15.2. The average Bonchev–Trinajstić information content (AvgIpc) is 2.76. The molecule has 2 aromatic carbocycles. The fraction of sp³-hybridized carbons (Fsp3) is 0.261. The Balaban J connectivity index is 1.90. The first-order valence-electron chi connectivity index (χ1n) is 10.1. The molecule has 2 aromatic rings. The number of hydrogen-bond donors (Lipinski definition) is 2. The fourth-order valence-corrected chi connectivity index (χ4v) is 3.65. The van der Waals surface area contributed by atoms with Crippen LogP contribution in [0.2, 0.25) is 0 Å². The number of phenols is 1. The summed E-state index contributed by atoms with van der Waals surface area (Å²) in [6.45, 7) is 4.76. The highest BCUT2D eigenvalue weighted by Gasteiger charge is 2.36. The van der Waals surface area contributed by atoms with E-state index in [1.165, 1.54) is 12.1 Å². The van der Waals surface area contributed by atoms with Crippen molar-refractivity contribution >= 4 is 52.2 Å². The van der Waals surface area contributed by atoms with Gasteiger partial charge in [-0.1, -0.05) is 13.3 Å². The Morgan fingerprint density at radius 2 is 1.81 bits per heavy atom. The molecule has 1 saturated heterocycles. The van der Waals surface area contributed by atoms with Crippen molar-refractivity contribution in [1.82, 2.24) is 5.32 Å². The van der Waals surface area contributed by atoms with Gasteiger partial charge in [0, 0.05) is 0 Å². The molecule has 4 amide bonds. The highest BCUT2D eigenvalue weighted by molar-refractivity contribution is 14.1. The van der Waals surface area contributed by atoms with Gasteiger partial charge in [-0.15, -0.1) is 0 Å². The van der Waals surface area contributed by atoms with Crippen LogP contribution in [0.1, 0.15) is 32.3 Å². The van der Waals surface area contributed by atoms with E-state index in [1.807, 2.05) is 22.6 Å². The molecule has 3 rings (SSSR count). The second-order valence-electron chi connectivity index (χ2n) is 6.94. The Labute approximate surface area is 199 Å². The number of urea groups is 1. The fourth-order valence-electron chi connectivity index (χ4n) is 3.03. The third-order valence-electron chi connectivity index (χ3n) is 4.62. The van der Waals surface area contributed by atoms with Crippen molar-refractivity contribution in [2.24, 2.45) is 0 Å². The molecule has 9 heteroatoms. The molecule has 1 aliphatic heterocycles. The van der Waals surface area contributed by atoms with Crippen molar-refractivity contribution in [2.75, 3.05) is 18.1 Å². The Morgan fingerprint density at radius 1 is 1.09 bits per heavy atom. The number of nitrogens with zero attached hydrogens (tertiary/aromatic N) is 1. The third kappa shape index (κ3) is 5.21. The van der Waals surface area contributed by atoms with Crippen LogP contribution in [-0.2, 0) is 9.59 Å². The number of carbonyl (C=O) groups is 3. The van der Waals surface area contributed by atoms with Gasteiger partial charge in [0.25, 0.3) is 11.8 Å². The first-order chi connectivity index (χ1) is 15.3. The van der Waals surface area contributed by atoms with Crippen LogP contribution in [-0.4, -0.2) is 36.2 Å². The smallest absolute Gasteiger partial charge is 0.335 e. The van der Waals surface area contributed by atoms with Gasteiger partial charge in [0.1, 0.15) is 11.3 Å². The molecule has 1 heterocycles. The summed E-state index contributed by atoms with van der Waals surface area (Å²) in [5.41, 5.74) is 0.573. The number of ether oxygens (including phenoxy) is 2. The van der Waals surface area contributed by atoms with Crippen molar-refractivity contribution in [2.45, 2.75) is 26.7 Å². The molecule has 0 spiro atoms. The number of amides is 4. The van der Waals surface area contributed by atoms with Crippen LogP contribution in [0.5, 0.6) is 17.2 Å². The largest absolute Gasteiger partial charge is 0.504 e. The predicted molar refractivity (Wildman–Crippen MR) is 128 cm³/mol. The molecule has 0 saturated carbocycles. The Bertz CT molecular complexity index is 1060. The minimum Gasteiger partial charge on any atom is -0.504 e. The van der Waals surface area contributed by atoms with Gasteiger partial charge in [0.2, 0.25) is 0 Å². The van der Waals surface area contributed by atoms with Crippen molar-refractivity contribution in [3.8, 4) is 17.2 Å². The number of barbiturate groups is 1. The van der Waals surface area contributed by atoms with Crippen molar-refractivity contribution in [3.05, 3.63) is 51.1 Å². The molecule has 0 aromatic heterocycles. The lowest BCUT2D eigenvalue weighted by Crippen LogP contribution is -2.54. The SMILES string of the molecule is CCCCOc1ccc(N2C(=O)NC(=O)/C(=C/c3cc(I)c(O)c(OCC)c3)C2=O)cc1. The molecular formula is C23H23IN2O6. The molecule has 168 valence electrons. The second-order valence-corrected chi connectivity index (χ2v) is 8.10. The van der Waals surface area contributed by atoms with Gasteiger partial charge < -0.3 is 14.6 Å². The minimum absolute atomic E-state index is 0.0212. The third-order valence-corrected chi connectivity index (χ3v) is 5.45.